The van der Waals surface area contributed by atoms with E-state index in [1.165, 1.54) is 13.3 Å². The number of carbonyl (C=O) groups is 2. The summed E-state index contributed by atoms with van der Waals surface area (Å²) in [7, 11) is 3.07. The normalized spacial score (nSPS) is 10.4. The second-order valence-corrected chi connectivity index (χ2v) is 5.57. The summed E-state index contributed by atoms with van der Waals surface area (Å²) in [5.74, 6) is 0.187. The third-order valence-corrected chi connectivity index (χ3v) is 3.53. The standard InChI is InChI=1S/C18H18ClN3O4/c1-25-15-8-3-12(16(9-15)26-2)11-20-22-18(24)10-17(23)21-14-6-4-13(19)5-7-14/h3-9,11H,10H2,1-2H3,(H,21,23)(H,22,24). The number of nitrogens with zero attached hydrogens (tertiary/aromatic N) is 1. The number of hydrogen-bond donors (Lipinski definition) is 2. The predicted molar refractivity (Wildman–Crippen MR) is 100.0 cm³/mol. The third-order valence-electron chi connectivity index (χ3n) is 3.28. The number of anilines is 1. The van der Waals surface area contributed by atoms with Crippen LogP contribution in [0.15, 0.2) is 47.6 Å². The second kappa shape index (κ2) is 9.43. The SMILES string of the molecule is COc1ccc(C=NNC(=O)CC(=O)Nc2ccc(Cl)cc2)c(OC)c1. The molecule has 0 saturated carbocycles. The van der Waals surface area contributed by atoms with Gasteiger partial charge in [0.15, 0.2) is 0 Å². The van der Waals surface area contributed by atoms with Crippen LogP contribution in [0.1, 0.15) is 12.0 Å². The van der Waals surface area contributed by atoms with Gasteiger partial charge in [0.25, 0.3) is 0 Å². The first-order chi connectivity index (χ1) is 12.5. The average molecular weight is 376 g/mol. The van der Waals surface area contributed by atoms with E-state index in [1.807, 2.05) is 0 Å². The van der Waals surface area contributed by atoms with Crippen molar-refractivity contribution < 1.29 is 19.1 Å². The molecule has 0 aliphatic rings. The lowest BCUT2D eigenvalue weighted by Crippen LogP contribution is -2.24. The lowest BCUT2D eigenvalue weighted by Gasteiger charge is -2.07. The van der Waals surface area contributed by atoms with Gasteiger partial charge >= 0.3 is 0 Å². The van der Waals surface area contributed by atoms with Crippen molar-refractivity contribution in [2.75, 3.05) is 19.5 Å². The number of rotatable bonds is 7. The molecule has 2 amide bonds. The topological polar surface area (TPSA) is 89.0 Å². The molecule has 0 aliphatic heterocycles. The Hall–Kier alpha value is -3.06. The largest absolute Gasteiger partial charge is 0.497 e. The molecule has 2 aromatic carbocycles. The summed E-state index contributed by atoms with van der Waals surface area (Å²) in [5.41, 5.74) is 3.50. The van der Waals surface area contributed by atoms with Crippen molar-refractivity contribution in [3.05, 3.63) is 53.1 Å². The molecule has 0 heterocycles. The molecule has 2 rings (SSSR count). The minimum atomic E-state index is -0.541. The van der Waals surface area contributed by atoms with Gasteiger partial charge in [-0.25, -0.2) is 5.43 Å². The molecule has 136 valence electrons. The van der Waals surface area contributed by atoms with Crippen LogP contribution in [0, 0.1) is 0 Å². The smallest absolute Gasteiger partial charge is 0.249 e. The van der Waals surface area contributed by atoms with E-state index in [9.17, 15) is 9.59 Å². The number of carbonyl (C=O) groups excluding carboxylic acids is 2. The van der Waals surface area contributed by atoms with E-state index in [0.717, 1.165) is 0 Å². The average Bonchev–Trinajstić information content (AvgIpc) is 2.63. The van der Waals surface area contributed by atoms with Gasteiger partial charge in [-0.05, 0) is 36.4 Å². The zero-order chi connectivity index (χ0) is 18.9. The third kappa shape index (κ3) is 5.78. The molecule has 0 bridgehead atoms. The Morgan fingerprint density at radius 1 is 1.08 bits per heavy atom. The Bertz CT molecular complexity index is 807. The molecule has 0 saturated heterocycles. The van der Waals surface area contributed by atoms with Gasteiger partial charge < -0.3 is 14.8 Å². The lowest BCUT2D eigenvalue weighted by molar-refractivity contribution is -0.126. The predicted octanol–water partition coefficient (Wildman–Crippen LogP) is 2.84. The number of hydrogen-bond acceptors (Lipinski definition) is 5. The molecule has 7 nitrogen and oxygen atoms in total. The van der Waals surface area contributed by atoms with Gasteiger partial charge in [0.05, 0.1) is 20.4 Å². The number of halogens is 1. The van der Waals surface area contributed by atoms with Crippen molar-refractivity contribution in [1.29, 1.82) is 0 Å². The number of ether oxygens (including phenoxy) is 2. The molecule has 0 unspecified atom stereocenters. The Labute approximate surface area is 155 Å². The molecule has 0 radical (unpaired) electrons. The number of amides is 2. The van der Waals surface area contributed by atoms with Crippen molar-refractivity contribution in [1.82, 2.24) is 5.43 Å². The van der Waals surface area contributed by atoms with E-state index in [2.05, 4.69) is 15.8 Å². The van der Waals surface area contributed by atoms with Gasteiger partial charge in [-0.15, -0.1) is 0 Å². The summed E-state index contributed by atoms with van der Waals surface area (Å²) in [5, 5.41) is 6.99. The summed E-state index contributed by atoms with van der Waals surface area (Å²) in [6, 6.07) is 11.8. The molecular weight excluding hydrogens is 358 g/mol. The summed E-state index contributed by atoms with van der Waals surface area (Å²) in [6.07, 6.45) is 1.06. The summed E-state index contributed by atoms with van der Waals surface area (Å²) in [6.45, 7) is 0. The first-order valence-corrected chi connectivity index (χ1v) is 7.99. The van der Waals surface area contributed by atoms with Crippen LogP contribution in [0.5, 0.6) is 11.5 Å². The molecular formula is C18H18ClN3O4. The van der Waals surface area contributed by atoms with E-state index >= 15 is 0 Å². The van der Waals surface area contributed by atoms with Crippen LogP contribution >= 0.6 is 11.6 Å². The summed E-state index contributed by atoms with van der Waals surface area (Å²) >= 11 is 5.77. The maximum Gasteiger partial charge on any atom is 0.249 e. The number of hydrazone groups is 1. The fraction of sp³-hybridized carbons (Fsp3) is 0.167. The Morgan fingerprint density at radius 3 is 2.46 bits per heavy atom. The first kappa shape index (κ1) is 19.3. The van der Waals surface area contributed by atoms with Gasteiger partial charge in [-0.3, -0.25) is 9.59 Å². The fourth-order valence-corrected chi connectivity index (χ4v) is 2.15. The fourth-order valence-electron chi connectivity index (χ4n) is 2.02. The van der Waals surface area contributed by atoms with E-state index in [0.29, 0.717) is 27.8 Å². The van der Waals surface area contributed by atoms with Gasteiger partial charge in [-0.1, -0.05) is 11.6 Å². The van der Waals surface area contributed by atoms with Crippen molar-refractivity contribution in [3.63, 3.8) is 0 Å². The van der Waals surface area contributed by atoms with E-state index in [4.69, 9.17) is 21.1 Å². The van der Waals surface area contributed by atoms with Gasteiger partial charge in [0.2, 0.25) is 11.8 Å². The van der Waals surface area contributed by atoms with Crippen molar-refractivity contribution in [2.45, 2.75) is 6.42 Å². The summed E-state index contributed by atoms with van der Waals surface area (Å²) in [4.78, 5) is 23.6. The van der Waals surface area contributed by atoms with Crippen LogP contribution in [0.4, 0.5) is 5.69 Å². The zero-order valence-corrected chi connectivity index (χ0v) is 15.0. The minimum absolute atomic E-state index is 0.361. The highest BCUT2D eigenvalue weighted by Crippen LogP contribution is 2.23. The van der Waals surface area contributed by atoms with Crippen molar-refractivity contribution >= 4 is 35.3 Å². The molecule has 0 aliphatic carbocycles. The quantitative estimate of drug-likeness (QED) is 0.442. The molecule has 2 aromatic rings. The molecule has 0 spiro atoms. The van der Waals surface area contributed by atoms with Gasteiger partial charge in [0, 0.05) is 22.3 Å². The van der Waals surface area contributed by atoms with E-state index in [-0.39, 0.29) is 6.42 Å². The van der Waals surface area contributed by atoms with Crippen LogP contribution in [0.3, 0.4) is 0 Å². The first-order valence-electron chi connectivity index (χ1n) is 7.61. The second-order valence-electron chi connectivity index (χ2n) is 5.13. The van der Waals surface area contributed by atoms with Crippen LogP contribution in [-0.4, -0.2) is 32.2 Å². The highest BCUT2D eigenvalue weighted by atomic mass is 35.5. The number of methoxy groups -OCH3 is 2. The zero-order valence-electron chi connectivity index (χ0n) is 14.3. The molecule has 0 aromatic heterocycles. The molecule has 0 fully saturated rings. The van der Waals surface area contributed by atoms with Crippen molar-refractivity contribution in [2.24, 2.45) is 5.10 Å². The molecule has 8 heteroatoms. The Balaban J connectivity index is 1.87. The van der Waals surface area contributed by atoms with Gasteiger partial charge in [-0.2, -0.15) is 5.10 Å². The van der Waals surface area contributed by atoms with Crippen molar-refractivity contribution in [3.8, 4) is 11.5 Å². The summed E-state index contributed by atoms with van der Waals surface area (Å²) < 4.78 is 10.3. The minimum Gasteiger partial charge on any atom is -0.497 e. The van der Waals surface area contributed by atoms with E-state index in [1.54, 1.807) is 49.6 Å². The van der Waals surface area contributed by atoms with Crippen LogP contribution in [0.25, 0.3) is 0 Å². The van der Waals surface area contributed by atoms with Gasteiger partial charge in [0.1, 0.15) is 17.9 Å². The highest BCUT2D eigenvalue weighted by Gasteiger charge is 2.09. The molecule has 2 N–H and O–H groups in total. The maximum atomic E-state index is 11.8. The maximum absolute atomic E-state index is 11.8. The number of benzene rings is 2. The highest BCUT2D eigenvalue weighted by molar-refractivity contribution is 6.30. The van der Waals surface area contributed by atoms with Crippen LogP contribution in [0.2, 0.25) is 5.02 Å². The Kier molecular flexibility index (Phi) is 6.99. The van der Waals surface area contributed by atoms with Crippen LogP contribution in [-0.2, 0) is 9.59 Å². The van der Waals surface area contributed by atoms with Crippen LogP contribution < -0.4 is 20.2 Å². The number of nitrogens with one attached hydrogen (secondary N) is 2. The lowest BCUT2D eigenvalue weighted by atomic mass is 10.2. The molecule has 26 heavy (non-hydrogen) atoms. The Morgan fingerprint density at radius 2 is 1.81 bits per heavy atom. The van der Waals surface area contributed by atoms with E-state index < -0.39 is 11.8 Å². The monoisotopic (exact) mass is 375 g/mol. The molecule has 0 atom stereocenters.